The van der Waals surface area contributed by atoms with Crippen molar-refractivity contribution in [2.45, 2.75) is 25.8 Å². The molecule has 21 heavy (non-hydrogen) atoms. The Morgan fingerprint density at radius 1 is 1.38 bits per heavy atom. The number of hydrogen-bond donors (Lipinski definition) is 1. The number of amides is 1. The summed E-state index contributed by atoms with van der Waals surface area (Å²) >= 11 is 7.87. The fourth-order valence-corrected chi connectivity index (χ4v) is 4.24. The number of nitrogens with zero attached hydrogens (tertiary/aromatic N) is 1. The molecule has 3 rings (SSSR count). The van der Waals surface area contributed by atoms with Crippen LogP contribution in [-0.2, 0) is 0 Å². The Hall–Kier alpha value is -1.10. The van der Waals surface area contributed by atoms with Crippen LogP contribution in [0.15, 0.2) is 18.2 Å². The number of rotatable bonds is 2. The maximum Gasteiger partial charge on any atom is 0.263 e. The van der Waals surface area contributed by atoms with Gasteiger partial charge in [-0.2, -0.15) is 0 Å². The number of carbonyl (C=O) groups excluding carboxylic acids is 1. The molecule has 3 nitrogen and oxygen atoms in total. The smallest absolute Gasteiger partial charge is 0.263 e. The molecule has 0 aliphatic carbocycles. The molecule has 5 heteroatoms. The Balaban J connectivity index is 1.80. The first-order valence-electron chi connectivity index (χ1n) is 7.22. The number of benzene rings is 1. The second kappa shape index (κ2) is 5.95. The summed E-state index contributed by atoms with van der Waals surface area (Å²) in [4.78, 5) is 15.4. The normalized spacial score (nSPS) is 17.3. The molecule has 1 aliphatic heterocycles. The van der Waals surface area contributed by atoms with Gasteiger partial charge in [0, 0.05) is 16.1 Å². The number of carbonyl (C=O) groups is 1. The van der Waals surface area contributed by atoms with E-state index in [-0.39, 0.29) is 11.9 Å². The molecule has 0 spiro atoms. The van der Waals surface area contributed by atoms with E-state index in [0.29, 0.717) is 9.90 Å². The summed E-state index contributed by atoms with van der Waals surface area (Å²) < 4.78 is 1.08. The molecule has 1 N–H and O–H groups in total. The zero-order valence-electron chi connectivity index (χ0n) is 12.3. The Bertz CT molecular complexity index is 674. The van der Waals surface area contributed by atoms with Gasteiger partial charge in [-0.15, -0.1) is 11.3 Å². The molecule has 2 aromatic rings. The Morgan fingerprint density at radius 3 is 2.81 bits per heavy atom. The number of halogens is 1. The van der Waals surface area contributed by atoms with Crippen LogP contribution in [0.3, 0.4) is 0 Å². The molecule has 1 aromatic carbocycles. The molecule has 0 unspecified atom stereocenters. The quantitative estimate of drug-likeness (QED) is 0.914. The topological polar surface area (TPSA) is 32.3 Å². The lowest BCUT2D eigenvalue weighted by Gasteiger charge is -2.29. The fourth-order valence-electron chi connectivity index (χ4n) is 2.72. The van der Waals surface area contributed by atoms with Crippen molar-refractivity contribution in [2.24, 2.45) is 0 Å². The van der Waals surface area contributed by atoms with E-state index < -0.39 is 0 Å². The lowest BCUT2D eigenvalue weighted by molar-refractivity contribution is 0.0921. The molecular formula is C16H19ClN2OS. The van der Waals surface area contributed by atoms with E-state index in [4.69, 9.17) is 11.6 Å². The number of likely N-dealkylation sites (tertiary alicyclic amines) is 1. The lowest BCUT2D eigenvalue weighted by atomic mass is 10.1. The van der Waals surface area contributed by atoms with Crippen LogP contribution in [-0.4, -0.2) is 37.0 Å². The molecule has 112 valence electrons. The van der Waals surface area contributed by atoms with Gasteiger partial charge in [0.25, 0.3) is 5.91 Å². The first-order chi connectivity index (χ1) is 10.0. The molecular weight excluding hydrogens is 304 g/mol. The van der Waals surface area contributed by atoms with Gasteiger partial charge < -0.3 is 10.2 Å². The van der Waals surface area contributed by atoms with Crippen LogP contribution in [0.4, 0.5) is 0 Å². The number of hydrogen-bond acceptors (Lipinski definition) is 3. The van der Waals surface area contributed by atoms with Crippen LogP contribution in [0.1, 0.15) is 28.1 Å². The third-order valence-electron chi connectivity index (χ3n) is 4.04. The molecule has 1 saturated heterocycles. The molecule has 0 bridgehead atoms. The van der Waals surface area contributed by atoms with Gasteiger partial charge in [0.15, 0.2) is 0 Å². The first kappa shape index (κ1) is 14.8. The molecule has 0 atom stereocenters. The van der Waals surface area contributed by atoms with Crippen LogP contribution >= 0.6 is 22.9 Å². The molecule has 0 saturated carbocycles. The summed E-state index contributed by atoms with van der Waals surface area (Å²) in [5.74, 6) is -0.0339. The SMILES string of the molecule is Cc1ccc2c(Cl)c(C(=O)NC3CCN(C)CC3)sc2c1. The van der Waals surface area contributed by atoms with Gasteiger partial charge in [-0.25, -0.2) is 0 Å². The summed E-state index contributed by atoms with van der Waals surface area (Å²) in [6, 6.07) is 6.37. The van der Waals surface area contributed by atoms with Gasteiger partial charge in [-0.1, -0.05) is 23.7 Å². The Labute approximate surface area is 133 Å². The van der Waals surface area contributed by atoms with Gasteiger partial charge in [-0.05, 0) is 51.5 Å². The summed E-state index contributed by atoms with van der Waals surface area (Å²) in [5, 5.41) is 4.69. The molecule has 1 aromatic heterocycles. The maximum absolute atomic E-state index is 12.5. The van der Waals surface area contributed by atoms with Gasteiger partial charge in [0.05, 0.1) is 5.02 Å². The molecule has 1 fully saturated rings. The number of piperidine rings is 1. The summed E-state index contributed by atoms with van der Waals surface area (Å²) in [6.45, 7) is 4.11. The largest absolute Gasteiger partial charge is 0.348 e. The predicted molar refractivity (Wildman–Crippen MR) is 89.6 cm³/mol. The molecule has 0 radical (unpaired) electrons. The predicted octanol–water partition coefficient (Wildman–Crippen LogP) is 3.69. The van der Waals surface area contributed by atoms with Crippen molar-refractivity contribution in [1.29, 1.82) is 0 Å². The maximum atomic E-state index is 12.5. The monoisotopic (exact) mass is 322 g/mol. The fraction of sp³-hybridized carbons (Fsp3) is 0.438. The number of fused-ring (bicyclic) bond motifs is 1. The van der Waals surface area contributed by atoms with Crippen molar-refractivity contribution in [3.05, 3.63) is 33.7 Å². The second-order valence-electron chi connectivity index (χ2n) is 5.80. The number of nitrogens with one attached hydrogen (secondary N) is 1. The highest BCUT2D eigenvalue weighted by atomic mass is 35.5. The average molecular weight is 323 g/mol. The minimum atomic E-state index is -0.0339. The zero-order chi connectivity index (χ0) is 15.0. The first-order valence-corrected chi connectivity index (χ1v) is 8.42. The minimum Gasteiger partial charge on any atom is -0.348 e. The van der Waals surface area contributed by atoms with Crippen molar-refractivity contribution < 1.29 is 4.79 Å². The molecule has 2 heterocycles. The van der Waals surface area contributed by atoms with E-state index >= 15 is 0 Å². The average Bonchev–Trinajstić information content (AvgIpc) is 2.78. The molecule has 1 amide bonds. The summed E-state index contributed by atoms with van der Waals surface area (Å²) in [5.41, 5.74) is 1.18. The zero-order valence-corrected chi connectivity index (χ0v) is 13.9. The van der Waals surface area contributed by atoms with Crippen LogP contribution in [0.2, 0.25) is 5.02 Å². The highest BCUT2D eigenvalue weighted by Crippen LogP contribution is 2.35. The van der Waals surface area contributed by atoms with Gasteiger partial charge in [0.1, 0.15) is 4.88 Å². The highest BCUT2D eigenvalue weighted by Gasteiger charge is 2.22. The van der Waals surface area contributed by atoms with Crippen LogP contribution in [0.5, 0.6) is 0 Å². The van der Waals surface area contributed by atoms with Crippen LogP contribution in [0, 0.1) is 6.92 Å². The summed E-state index contributed by atoms with van der Waals surface area (Å²) in [6.07, 6.45) is 2.01. The van der Waals surface area contributed by atoms with E-state index in [2.05, 4.69) is 23.3 Å². The second-order valence-corrected chi connectivity index (χ2v) is 7.23. The Kier molecular flexibility index (Phi) is 4.20. The van der Waals surface area contributed by atoms with E-state index in [9.17, 15) is 4.79 Å². The van der Waals surface area contributed by atoms with Crippen molar-refractivity contribution in [3.8, 4) is 0 Å². The van der Waals surface area contributed by atoms with Crippen LogP contribution in [0.25, 0.3) is 10.1 Å². The van der Waals surface area contributed by atoms with Gasteiger partial charge in [-0.3, -0.25) is 4.79 Å². The van der Waals surface area contributed by atoms with Crippen molar-refractivity contribution in [3.63, 3.8) is 0 Å². The molecule has 1 aliphatic rings. The Morgan fingerprint density at radius 2 is 2.10 bits per heavy atom. The standard InChI is InChI=1S/C16H19ClN2OS/c1-10-3-4-12-13(9-10)21-15(14(12)17)16(20)18-11-5-7-19(2)8-6-11/h3-4,9,11H,5-8H2,1-2H3,(H,18,20). The number of thiophene rings is 1. The van der Waals surface area contributed by atoms with Crippen molar-refractivity contribution in [2.75, 3.05) is 20.1 Å². The van der Waals surface area contributed by atoms with E-state index in [1.165, 1.54) is 16.9 Å². The lowest BCUT2D eigenvalue weighted by Crippen LogP contribution is -2.43. The highest BCUT2D eigenvalue weighted by molar-refractivity contribution is 7.21. The van der Waals surface area contributed by atoms with E-state index in [1.54, 1.807) is 0 Å². The van der Waals surface area contributed by atoms with E-state index in [1.807, 2.05) is 19.1 Å². The minimum absolute atomic E-state index is 0.0339. The van der Waals surface area contributed by atoms with Crippen LogP contribution < -0.4 is 5.32 Å². The van der Waals surface area contributed by atoms with Crippen molar-refractivity contribution >= 4 is 38.9 Å². The summed E-state index contributed by atoms with van der Waals surface area (Å²) in [7, 11) is 2.11. The van der Waals surface area contributed by atoms with Crippen molar-refractivity contribution in [1.82, 2.24) is 10.2 Å². The van der Waals surface area contributed by atoms with Gasteiger partial charge in [0.2, 0.25) is 0 Å². The number of aryl methyl sites for hydroxylation is 1. The third-order valence-corrected chi connectivity index (χ3v) is 5.70. The van der Waals surface area contributed by atoms with E-state index in [0.717, 1.165) is 36.0 Å². The third kappa shape index (κ3) is 3.07. The van der Waals surface area contributed by atoms with Gasteiger partial charge >= 0.3 is 0 Å².